The summed E-state index contributed by atoms with van der Waals surface area (Å²) in [6, 6.07) is 13.5. The lowest BCUT2D eigenvalue weighted by Gasteiger charge is -2.06. The zero-order valence-corrected chi connectivity index (χ0v) is 12.9. The Kier molecular flexibility index (Phi) is 3.58. The van der Waals surface area contributed by atoms with Crippen LogP contribution in [0, 0.1) is 0 Å². The fourth-order valence-corrected chi connectivity index (χ4v) is 3.70. The Morgan fingerprint density at radius 3 is 2.36 bits per heavy atom. The first kappa shape index (κ1) is 14.5. The van der Waals surface area contributed by atoms with Crippen molar-refractivity contribution in [2.75, 3.05) is 0 Å². The number of fused-ring (bicyclic) bond motifs is 1. The molecule has 0 saturated carbocycles. The number of benzene rings is 2. The Labute approximate surface area is 128 Å². The molecule has 0 fully saturated rings. The van der Waals surface area contributed by atoms with Crippen molar-refractivity contribution in [1.82, 2.24) is 4.98 Å². The van der Waals surface area contributed by atoms with Gasteiger partial charge in [-0.1, -0.05) is 31.2 Å². The first-order valence-corrected chi connectivity index (χ1v) is 8.47. The predicted octanol–water partition coefficient (Wildman–Crippen LogP) is 2.92. The Balaban J connectivity index is 2.20. The van der Waals surface area contributed by atoms with E-state index in [-0.39, 0.29) is 9.79 Å². The highest BCUT2D eigenvalue weighted by atomic mass is 32.2. The third-order valence-electron chi connectivity index (χ3n) is 3.69. The highest BCUT2D eigenvalue weighted by Gasteiger charge is 2.22. The zero-order valence-electron chi connectivity index (χ0n) is 12.0. The van der Waals surface area contributed by atoms with Crippen molar-refractivity contribution in [2.24, 2.45) is 0 Å². The number of aromatic amines is 1. The van der Waals surface area contributed by atoms with Gasteiger partial charge >= 0.3 is 0 Å². The number of nitrogens with one attached hydrogen (secondary N) is 1. The van der Waals surface area contributed by atoms with E-state index in [1.165, 1.54) is 6.20 Å². The normalized spacial score (nSPS) is 11.7. The molecule has 0 aliphatic heterocycles. The second-order valence-electron chi connectivity index (χ2n) is 5.03. The number of aryl methyl sites for hydroxylation is 1. The number of hydrogen-bond donors (Lipinski definition) is 1. The van der Waals surface area contributed by atoms with E-state index in [1.807, 2.05) is 6.92 Å². The fraction of sp³-hybridized carbons (Fsp3) is 0.118. The summed E-state index contributed by atoms with van der Waals surface area (Å²) in [5, 5.41) is 0.369. The minimum absolute atomic E-state index is 0.130. The van der Waals surface area contributed by atoms with Crippen molar-refractivity contribution in [1.29, 1.82) is 0 Å². The van der Waals surface area contributed by atoms with Gasteiger partial charge in [0.25, 0.3) is 0 Å². The molecule has 1 heterocycles. The highest BCUT2D eigenvalue weighted by Crippen LogP contribution is 2.20. The van der Waals surface area contributed by atoms with Crippen LogP contribution >= 0.6 is 0 Å². The van der Waals surface area contributed by atoms with Crippen LogP contribution in [0.2, 0.25) is 0 Å². The molecule has 0 atom stereocenters. The summed E-state index contributed by atoms with van der Waals surface area (Å²) in [5.41, 5.74) is 1.19. The molecular formula is C17H15NO3S. The number of aromatic nitrogens is 1. The molecule has 0 bridgehead atoms. The first-order chi connectivity index (χ1) is 10.5. The zero-order chi connectivity index (χ0) is 15.7. The molecule has 1 aromatic heterocycles. The molecule has 1 N–H and O–H groups in total. The summed E-state index contributed by atoms with van der Waals surface area (Å²) < 4.78 is 25.4. The van der Waals surface area contributed by atoms with Gasteiger partial charge in [-0.3, -0.25) is 4.79 Å². The molecule has 0 amide bonds. The SMILES string of the molecule is CCc1ccc(S(=O)(=O)c2c[nH]c3ccccc3c2=O)cc1. The average Bonchev–Trinajstić information content (AvgIpc) is 2.55. The Hall–Kier alpha value is -2.40. The number of pyridine rings is 1. The maximum absolute atomic E-state index is 12.7. The second kappa shape index (κ2) is 5.42. The maximum Gasteiger partial charge on any atom is 0.211 e. The number of para-hydroxylation sites is 1. The Bertz CT molecular complexity index is 986. The summed E-state index contributed by atoms with van der Waals surface area (Å²) in [6.45, 7) is 2.00. The quantitative estimate of drug-likeness (QED) is 0.808. The second-order valence-corrected chi connectivity index (χ2v) is 6.95. The van der Waals surface area contributed by atoms with Crippen molar-refractivity contribution in [2.45, 2.75) is 23.1 Å². The Morgan fingerprint density at radius 2 is 1.68 bits per heavy atom. The lowest BCUT2D eigenvalue weighted by Crippen LogP contribution is -2.16. The van der Waals surface area contributed by atoms with Gasteiger partial charge in [0.05, 0.1) is 4.90 Å². The molecule has 2 aromatic carbocycles. The van der Waals surface area contributed by atoms with E-state index >= 15 is 0 Å². The largest absolute Gasteiger partial charge is 0.360 e. The van der Waals surface area contributed by atoms with E-state index in [2.05, 4.69) is 4.98 Å². The standard InChI is InChI=1S/C17H15NO3S/c1-2-12-7-9-13(10-8-12)22(20,21)16-11-18-15-6-4-3-5-14(15)17(16)19/h3-11H,2H2,1H3,(H,18,19). The number of hydrogen-bond acceptors (Lipinski definition) is 3. The van der Waals surface area contributed by atoms with E-state index in [9.17, 15) is 13.2 Å². The smallest absolute Gasteiger partial charge is 0.211 e. The lowest BCUT2D eigenvalue weighted by molar-refractivity contribution is 0.595. The molecule has 0 spiro atoms. The van der Waals surface area contributed by atoms with Crippen LogP contribution in [0.5, 0.6) is 0 Å². The number of rotatable bonds is 3. The van der Waals surface area contributed by atoms with E-state index < -0.39 is 15.3 Å². The minimum atomic E-state index is -3.83. The van der Waals surface area contributed by atoms with E-state index in [0.717, 1.165) is 12.0 Å². The van der Waals surface area contributed by atoms with Crippen LogP contribution in [0.1, 0.15) is 12.5 Å². The molecule has 22 heavy (non-hydrogen) atoms. The van der Waals surface area contributed by atoms with Gasteiger partial charge in [-0.25, -0.2) is 8.42 Å². The van der Waals surface area contributed by atoms with Gasteiger partial charge < -0.3 is 4.98 Å². The number of H-pyrrole nitrogens is 1. The van der Waals surface area contributed by atoms with Gasteiger partial charge in [0.15, 0.2) is 0 Å². The van der Waals surface area contributed by atoms with Crippen molar-refractivity contribution in [3.8, 4) is 0 Å². The van der Waals surface area contributed by atoms with Gasteiger partial charge in [-0.15, -0.1) is 0 Å². The molecule has 5 heteroatoms. The molecule has 0 unspecified atom stereocenters. The molecule has 0 saturated heterocycles. The van der Waals surface area contributed by atoms with Crippen LogP contribution in [0.4, 0.5) is 0 Å². The summed E-state index contributed by atoms with van der Waals surface area (Å²) in [6.07, 6.45) is 2.10. The minimum Gasteiger partial charge on any atom is -0.360 e. The van der Waals surface area contributed by atoms with E-state index in [0.29, 0.717) is 10.9 Å². The average molecular weight is 313 g/mol. The monoisotopic (exact) mass is 313 g/mol. The molecule has 3 aromatic rings. The van der Waals surface area contributed by atoms with Gasteiger partial charge in [0, 0.05) is 17.1 Å². The third-order valence-corrected chi connectivity index (χ3v) is 5.46. The van der Waals surface area contributed by atoms with Gasteiger partial charge in [0.2, 0.25) is 15.3 Å². The van der Waals surface area contributed by atoms with E-state index in [4.69, 9.17) is 0 Å². The van der Waals surface area contributed by atoms with Crippen molar-refractivity contribution < 1.29 is 8.42 Å². The van der Waals surface area contributed by atoms with Gasteiger partial charge in [-0.05, 0) is 36.2 Å². The third kappa shape index (κ3) is 2.33. The molecule has 3 rings (SSSR count). The molecule has 0 aliphatic carbocycles. The van der Waals surface area contributed by atoms with Gasteiger partial charge in [-0.2, -0.15) is 0 Å². The highest BCUT2D eigenvalue weighted by molar-refractivity contribution is 7.91. The van der Waals surface area contributed by atoms with Crippen molar-refractivity contribution in [3.05, 3.63) is 70.5 Å². The lowest BCUT2D eigenvalue weighted by atomic mass is 10.2. The molecule has 0 aliphatic rings. The first-order valence-electron chi connectivity index (χ1n) is 6.98. The van der Waals surface area contributed by atoms with Crippen LogP contribution < -0.4 is 5.43 Å². The fourth-order valence-electron chi connectivity index (χ4n) is 2.38. The van der Waals surface area contributed by atoms with Crippen molar-refractivity contribution >= 4 is 20.7 Å². The molecular weight excluding hydrogens is 298 g/mol. The summed E-state index contributed by atoms with van der Waals surface area (Å²) in [5.74, 6) is 0. The van der Waals surface area contributed by atoms with Crippen LogP contribution in [-0.2, 0) is 16.3 Å². The van der Waals surface area contributed by atoms with Crippen molar-refractivity contribution in [3.63, 3.8) is 0 Å². The van der Waals surface area contributed by atoms with Crippen LogP contribution in [0.25, 0.3) is 10.9 Å². The maximum atomic E-state index is 12.7. The molecule has 0 radical (unpaired) electrons. The van der Waals surface area contributed by atoms with Crippen LogP contribution in [0.15, 0.2) is 69.3 Å². The predicted molar refractivity (Wildman–Crippen MR) is 85.8 cm³/mol. The van der Waals surface area contributed by atoms with Crippen LogP contribution in [-0.4, -0.2) is 13.4 Å². The summed E-state index contributed by atoms with van der Waals surface area (Å²) in [7, 11) is -3.83. The van der Waals surface area contributed by atoms with Crippen LogP contribution in [0.3, 0.4) is 0 Å². The summed E-state index contributed by atoms with van der Waals surface area (Å²) in [4.78, 5) is 15.3. The molecule has 112 valence electrons. The topological polar surface area (TPSA) is 67.0 Å². The van der Waals surface area contributed by atoms with Gasteiger partial charge in [0.1, 0.15) is 4.90 Å². The summed E-state index contributed by atoms with van der Waals surface area (Å²) >= 11 is 0. The Morgan fingerprint density at radius 1 is 1.00 bits per heavy atom. The van der Waals surface area contributed by atoms with E-state index in [1.54, 1.807) is 48.5 Å². The molecule has 4 nitrogen and oxygen atoms in total. The number of sulfone groups is 1.